The maximum Gasteiger partial charge on any atom is 0.150 e. The van der Waals surface area contributed by atoms with Crippen LogP contribution in [0.2, 0.25) is 0 Å². The number of hydrogen-bond donors (Lipinski definition) is 1. The summed E-state index contributed by atoms with van der Waals surface area (Å²) in [6.45, 7) is 10.9. The Balaban J connectivity index is 4.78. The number of aliphatic imine (C=N–C) groups is 1. The van der Waals surface area contributed by atoms with Crippen molar-refractivity contribution in [2.24, 2.45) is 15.8 Å². The lowest BCUT2D eigenvalue weighted by molar-refractivity contribution is 0.373. The van der Waals surface area contributed by atoms with E-state index in [1.54, 1.807) is 11.1 Å². The molecule has 2 N–H and O–H groups in total. The molecule has 0 amide bonds. The van der Waals surface area contributed by atoms with Gasteiger partial charge in [-0.15, -0.1) is 0 Å². The van der Waals surface area contributed by atoms with Crippen molar-refractivity contribution in [3.05, 3.63) is 25.1 Å². The van der Waals surface area contributed by atoms with Crippen molar-refractivity contribution >= 4 is 12.6 Å². The second-order valence-corrected chi connectivity index (χ2v) is 2.61. The molecule has 0 aliphatic heterocycles. The van der Waals surface area contributed by atoms with Crippen LogP contribution in [0.5, 0.6) is 0 Å². The molecule has 0 radical (unpaired) electrons. The smallest absolute Gasteiger partial charge is 0.150 e. The summed E-state index contributed by atoms with van der Waals surface area (Å²) >= 11 is 0. The topological polar surface area (TPSA) is 54.0 Å². The van der Waals surface area contributed by atoms with Crippen LogP contribution in [0.3, 0.4) is 0 Å². The van der Waals surface area contributed by atoms with Gasteiger partial charge in [0.1, 0.15) is 5.84 Å². The summed E-state index contributed by atoms with van der Waals surface area (Å²) in [5.74, 6) is 0.627. The summed E-state index contributed by atoms with van der Waals surface area (Å²) in [6.07, 6.45) is 4.50. The number of amidine groups is 1. The quantitative estimate of drug-likeness (QED) is 0.403. The molecule has 0 rings (SSSR count). The monoisotopic (exact) mass is 180 g/mol. The molecule has 0 saturated heterocycles. The molecule has 13 heavy (non-hydrogen) atoms. The van der Waals surface area contributed by atoms with Gasteiger partial charge < -0.3 is 5.73 Å². The molecule has 0 aromatic carbocycles. The third-order valence-electron chi connectivity index (χ3n) is 1.35. The lowest BCUT2D eigenvalue weighted by atomic mass is 10.3. The van der Waals surface area contributed by atoms with E-state index in [1.165, 1.54) is 12.4 Å². The van der Waals surface area contributed by atoms with Crippen molar-refractivity contribution in [1.29, 1.82) is 0 Å². The zero-order valence-electron chi connectivity index (χ0n) is 8.14. The van der Waals surface area contributed by atoms with Crippen molar-refractivity contribution in [3.63, 3.8) is 0 Å². The van der Waals surface area contributed by atoms with Gasteiger partial charge in [0, 0.05) is 19.0 Å². The van der Waals surface area contributed by atoms with E-state index in [-0.39, 0.29) is 6.04 Å². The maximum absolute atomic E-state index is 5.27. The lowest BCUT2D eigenvalue weighted by Crippen LogP contribution is -2.30. The maximum atomic E-state index is 5.27. The van der Waals surface area contributed by atoms with E-state index < -0.39 is 0 Å². The van der Waals surface area contributed by atoms with Crippen molar-refractivity contribution in [2.45, 2.75) is 19.9 Å². The van der Waals surface area contributed by atoms with Crippen LogP contribution in [0.15, 0.2) is 35.1 Å². The van der Waals surface area contributed by atoms with E-state index >= 15 is 0 Å². The third kappa shape index (κ3) is 3.55. The van der Waals surface area contributed by atoms with E-state index in [1.807, 2.05) is 13.8 Å². The largest absolute Gasteiger partial charge is 0.404 e. The minimum atomic E-state index is 0.187. The molecular formula is C9H16N4. The fourth-order valence-electron chi connectivity index (χ4n) is 0.858. The zero-order valence-corrected chi connectivity index (χ0v) is 8.14. The van der Waals surface area contributed by atoms with Gasteiger partial charge in [0.05, 0.1) is 0 Å². The molecule has 0 heterocycles. The minimum Gasteiger partial charge on any atom is -0.404 e. The summed E-state index contributed by atoms with van der Waals surface area (Å²) in [5, 5.41) is 5.48. The average molecular weight is 180 g/mol. The second kappa shape index (κ2) is 5.99. The molecule has 0 aromatic rings. The Labute approximate surface area is 79.1 Å². The van der Waals surface area contributed by atoms with Crippen LogP contribution in [0.1, 0.15) is 13.8 Å². The van der Waals surface area contributed by atoms with Gasteiger partial charge in [-0.25, -0.2) is 10.0 Å². The van der Waals surface area contributed by atoms with Gasteiger partial charge in [-0.2, -0.15) is 5.10 Å². The van der Waals surface area contributed by atoms with E-state index in [0.717, 1.165) is 0 Å². The molecular weight excluding hydrogens is 164 g/mol. The van der Waals surface area contributed by atoms with Gasteiger partial charge in [-0.1, -0.05) is 6.58 Å². The molecule has 72 valence electrons. The predicted molar refractivity (Wildman–Crippen MR) is 57.5 cm³/mol. The molecule has 0 atom stereocenters. The first-order valence-electron chi connectivity index (χ1n) is 4.00. The Kier molecular flexibility index (Phi) is 5.27. The third-order valence-corrected chi connectivity index (χ3v) is 1.35. The molecule has 0 aliphatic carbocycles. The standard InChI is InChI=1S/C9H16N4/c1-5-12-9(6-7-10)13(11-4)8(2)3/h5-8H,1,4,10H2,2-3H3/b7-6+,12-9+. The van der Waals surface area contributed by atoms with Crippen LogP contribution in [0, 0.1) is 0 Å². The van der Waals surface area contributed by atoms with E-state index in [0.29, 0.717) is 5.84 Å². The highest BCUT2D eigenvalue weighted by molar-refractivity contribution is 5.93. The summed E-state index contributed by atoms with van der Waals surface area (Å²) in [5.41, 5.74) is 5.27. The highest BCUT2D eigenvalue weighted by atomic mass is 15.5. The van der Waals surface area contributed by atoms with E-state index in [2.05, 4.69) is 23.4 Å². The van der Waals surface area contributed by atoms with E-state index in [9.17, 15) is 0 Å². The highest BCUT2D eigenvalue weighted by Crippen LogP contribution is 2.01. The first-order chi connectivity index (χ1) is 6.17. The van der Waals surface area contributed by atoms with Crippen molar-refractivity contribution in [2.75, 3.05) is 0 Å². The number of hydrazone groups is 1. The fraction of sp³-hybridized carbons (Fsp3) is 0.333. The van der Waals surface area contributed by atoms with Crippen molar-refractivity contribution in [1.82, 2.24) is 5.01 Å². The van der Waals surface area contributed by atoms with Crippen LogP contribution < -0.4 is 5.73 Å². The normalized spacial score (nSPS) is 12.1. The Hall–Kier alpha value is -1.58. The lowest BCUT2D eigenvalue weighted by Gasteiger charge is -2.21. The average Bonchev–Trinajstić information content (AvgIpc) is 2.05. The first kappa shape index (κ1) is 11.4. The molecule has 4 nitrogen and oxygen atoms in total. The Morgan fingerprint density at radius 2 is 2.15 bits per heavy atom. The van der Waals surface area contributed by atoms with Crippen LogP contribution in [-0.4, -0.2) is 23.6 Å². The second-order valence-electron chi connectivity index (χ2n) is 2.61. The number of nitrogens with zero attached hydrogens (tertiary/aromatic N) is 3. The summed E-state index contributed by atoms with van der Waals surface area (Å²) in [4.78, 5) is 4.01. The molecule has 0 spiro atoms. The number of hydrogen-bond acceptors (Lipinski definition) is 3. The Morgan fingerprint density at radius 3 is 2.46 bits per heavy atom. The van der Waals surface area contributed by atoms with Gasteiger partial charge in [0.2, 0.25) is 0 Å². The summed E-state index contributed by atoms with van der Waals surface area (Å²) in [7, 11) is 0. The minimum absolute atomic E-state index is 0.187. The first-order valence-corrected chi connectivity index (χ1v) is 4.00. The van der Waals surface area contributed by atoms with E-state index in [4.69, 9.17) is 5.73 Å². The highest BCUT2D eigenvalue weighted by Gasteiger charge is 2.09. The van der Waals surface area contributed by atoms with Crippen LogP contribution in [0.25, 0.3) is 0 Å². The zero-order chi connectivity index (χ0) is 10.3. The predicted octanol–water partition coefficient (Wildman–Crippen LogP) is 1.33. The van der Waals surface area contributed by atoms with Crippen molar-refractivity contribution < 1.29 is 0 Å². The van der Waals surface area contributed by atoms with Crippen molar-refractivity contribution in [3.8, 4) is 0 Å². The molecule has 0 fully saturated rings. The van der Waals surface area contributed by atoms with Gasteiger partial charge in [0.25, 0.3) is 0 Å². The fourth-order valence-corrected chi connectivity index (χ4v) is 0.858. The van der Waals surface area contributed by atoms with Gasteiger partial charge in [-0.3, -0.25) is 0 Å². The molecule has 0 aromatic heterocycles. The molecule has 0 saturated carbocycles. The molecule has 0 bridgehead atoms. The molecule has 0 unspecified atom stereocenters. The molecule has 0 aliphatic rings. The van der Waals surface area contributed by atoms with Gasteiger partial charge in [0.15, 0.2) is 0 Å². The number of rotatable bonds is 4. The van der Waals surface area contributed by atoms with Crippen LogP contribution >= 0.6 is 0 Å². The van der Waals surface area contributed by atoms with Crippen LogP contribution in [-0.2, 0) is 0 Å². The van der Waals surface area contributed by atoms with Gasteiger partial charge in [-0.05, 0) is 26.1 Å². The summed E-state index contributed by atoms with van der Waals surface area (Å²) < 4.78 is 0. The van der Waals surface area contributed by atoms with Gasteiger partial charge >= 0.3 is 0 Å². The number of nitrogens with two attached hydrogens (primary N) is 1. The SMILES string of the molecule is C=C/N=C(\C=C\N)N(N=C)C(C)C. The molecule has 4 heteroatoms. The summed E-state index contributed by atoms with van der Waals surface area (Å²) in [6, 6.07) is 0.187. The van der Waals surface area contributed by atoms with Crippen LogP contribution in [0.4, 0.5) is 0 Å². The Morgan fingerprint density at radius 1 is 1.54 bits per heavy atom. The Bertz CT molecular complexity index is 228.